The zero-order valence-electron chi connectivity index (χ0n) is 14.6. The smallest absolute Gasteiger partial charge is 0.0850 e. The van der Waals surface area contributed by atoms with Gasteiger partial charge in [0.15, 0.2) is 0 Å². The summed E-state index contributed by atoms with van der Waals surface area (Å²) < 4.78 is 2.09. The zero-order chi connectivity index (χ0) is 16.0. The fourth-order valence-electron chi connectivity index (χ4n) is 2.88. The van der Waals surface area contributed by atoms with Gasteiger partial charge in [0.1, 0.15) is 0 Å². The predicted molar refractivity (Wildman–Crippen MR) is 92.1 cm³/mol. The first-order valence-corrected chi connectivity index (χ1v) is 8.72. The van der Waals surface area contributed by atoms with Crippen molar-refractivity contribution in [1.82, 2.24) is 15.1 Å². The summed E-state index contributed by atoms with van der Waals surface area (Å²) >= 11 is 6.57. The molecule has 122 valence electrons. The summed E-state index contributed by atoms with van der Waals surface area (Å²) in [5.41, 5.74) is 2.46. The van der Waals surface area contributed by atoms with Gasteiger partial charge < -0.3 is 5.32 Å². The lowest BCUT2D eigenvalue weighted by atomic mass is 9.80. The van der Waals surface area contributed by atoms with Gasteiger partial charge in [-0.15, -0.1) is 0 Å². The summed E-state index contributed by atoms with van der Waals surface area (Å²) in [5.74, 6) is 0. The fraction of sp³-hybridized carbons (Fsp3) is 0.824. The molecule has 0 radical (unpaired) electrons. The van der Waals surface area contributed by atoms with Crippen LogP contribution in [0.5, 0.6) is 0 Å². The van der Waals surface area contributed by atoms with Crippen LogP contribution in [0.3, 0.4) is 0 Å². The first-order chi connectivity index (χ1) is 9.86. The van der Waals surface area contributed by atoms with Gasteiger partial charge in [0.2, 0.25) is 0 Å². The van der Waals surface area contributed by atoms with Crippen molar-refractivity contribution in [2.75, 3.05) is 6.54 Å². The Morgan fingerprint density at radius 1 is 1.29 bits per heavy atom. The van der Waals surface area contributed by atoms with Crippen LogP contribution in [-0.4, -0.2) is 22.4 Å². The van der Waals surface area contributed by atoms with Gasteiger partial charge in [0, 0.05) is 19.1 Å². The second kappa shape index (κ2) is 8.19. The number of nitrogens with zero attached hydrogens (tertiary/aromatic N) is 2. The van der Waals surface area contributed by atoms with Crippen molar-refractivity contribution in [2.45, 2.75) is 79.8 Å². The number of nitrogens with one attached hydrogen (secondary N) is 1. The Morgan fingerprint density at radius 2 is 1.95 bits per heavy atom. The van der Waals surface area contributed by atoms with Crippen LogP contribution in [0.25, 0.3) is 0 Å². The molecule has 0 bridgehead atoms. The standard InChI is InChI=1S/C17H32ClN3/c1-7-10-17(6,12-19-13(4)5)11-15-16(18)14(8-2)20-21(15)9-3/h13,19H,7-12H2,1-6H3. The summed E-state index contributed by atoms with van der Waals surface area (Å²) in [7, 11) is 0. The Bertz CT molecular complexity index is 439. The molecule has 3 nitrogen and oxygen atoms in total. The van der Waals surface area contributed by atoms with E-state index >= 15 is 0 Å². The molecule has 0 amide bonds. The van der Waals surface area contributed by atoms with Gasteiger partial charge >= 0.3 is 0 Å². The highest BCUT2D eigenvalue weighted by Crippen LogP contribution is 2.32. The Balaban J connectivity index is 3.00. The van der Waals surface area contributed by atoms with Gasteiger partial charge in [0.05, 0.1) is 16.4 Å². The van der Waals surface area contributed by atoms with Crippen molar-refractivity contribution >= 4 is 11.6 Å². The van der Waals surface area contributed by atoms with Crippen LogP contribution in [0.2, 0.25) is 5.02 Å². The minimum Gasteiger partial charge on any atom is -0.314 e. The van der Waals surface area contributed by atoms with E-state index in [1.165, 1.54) is 18.5 Å². The van der Waals surface area contributed by atoms with Gasteiger partial charge in [0.25, 0.3) is 0 Å². The molecule has 1 heterocycles. The van der Waals surface area contributed by atoms with Crippen LogP contribution in [0, 0.1) is 5.41 Å². The lowest BCUT2D eigenvalue weighted by Gasteiger charge is -2.31. The van der Waals surface area contributed by atoms with Crippen molar-refractivity contribution in [3.8, 4) is 0 Å². The molecule has 0 fully saturated rings. The Kier molecular flexibility index (Phi) is 7.22. The average molecular weight is 314 g/mol. The quantitative estimate of drug-likeness (QED) is 0.729. The number of hydrogen-bond acceptors (Lipinski definition) is 2. The second-order valence-corrected chi connectivity index (χ2v) is 7.03. The van der Waals surface area contributed by atoms with E-state index < -0.39 is 0 Å². The lowest BCUT2D eigenvalue weighted by Crippen LogP contribution is -2.37. The number of hydrogen-bond donors (Lipinski definition) is 1. The van der Waals surface area contributed by atoms with Crippen molar-refractivity contribution in [3.63, 3.8) is 0 Å². The number of halogens is 1. The van der Waals surface area contributed by atoms with Gasteiger partial charge in [-0.05, 0) is 31.6 Å². The highest BCUT2D eigenvalue weighted by atomic mass is 35.5. The van der Waals surface area contributed by atoms with Crippen molar-refractivity contribution in [3.05, 3.63) is 16.4 Å². The Hall–Kier alpha value is -0.540. The predicted octanol–water partition coefficient (Wildman–Crippen LogP) is 4.47. The Morgan fingerprint density at radius 3 is 2.43 bits per heavy atom. The molecule has 4 heteroatoms. The second-order valence-electron chi connectivity index (χ2n) is 6.65. The lowest BCUT2D eigenvalue weighted by molar-refractivity contribution is 0.260. The van der Waals surface area contributed by atoms with Crippen LogP contribution in [0.15, 0.2) is 0 Å². The SMILES string of the molecule is CCCC(C)(CNC(C)C)Cc1c(Cl)c(CC)nn1CC. The van der Waals surface area contributed by atoms with E-state index in [0.29, 0.717) is 6.04 Å². The zero-order valence-corrected chi connectivity index (χ0v) is 15.3. The molecule has 21 heavy (non-hydrogen) atoms. The van der Waals surface area contributed by atoms with E-state index in [9.17, 15) is 0 Å². The topological polar surface area (TPSA) is 29.9 Å². The van der Waals surface area contributed by atoms with Crippen LogP contribution in [-0.2, 0) is 19.4 Å². The maximum absolute atomic E-state index is 6.57. The van der Waals surface area contributed by atoms with E-state index in [-0.39, 0.29) is 5.41 Å². The van der Waals surface area contributed by atoms with E-state index in [0.717, 1.165) is 36.6 Å². The first kappa shape index (κ1) is 18.5. The highest BCUT2D eigenvalue weighted by molar-refractivity contribution is 6.31. The summed E-state index contributed by atoms with van der Waals surface area (Å²) in [4.78, 5) is 0. The molecule has 0 saturated heterocycles. The van der Waals surface area contributed by atoms with Crippen LogP contribution >= 0.6 is 11.6 Å². The third-order valence-corrected chi connectivity index (χ3v) is 4.52. The minimum atomic E-state index is 0.223. The van der Waals surface area contributed by atoms with Crippen molar-refractivity contribution in [2.24, 2.45) is 5.41 Å². The molecule has 1 rings (SSSR count). The number of aromatic nitrogens is 2. The monoisotopic (exact) mass is 313 g/mol. The van der Waals surface area contributed by atoms with Crippen molar-refractivity contribution < 1.29 is 0 Å². The number of aryl methyl sites for hydroxylation is 2. The first-order valence-electron chi connectivity index (χ1n) is 8.34. The molecule has 0 aromatic carbocycles. The van der Waals surface area contributed by atoms with Crippen LogP contribution < -0.4 is 5.32 Å². The van der Waals surface area contributed by atoms with Crippen molar-refractivity contribution in [1.29, 1.82) is 0 Å². The Labute approximate surface area is 135 Å². The van der Waals surface area contributed by atoms with Gasteiger partial charge in [-0.1, -0.05) is 52.6 Å². The van der Waals surface area contributed by atoms with E-state index in [1.54, 1.807) is 0 Å². The molecule has 0 aliphatic carbocycles. The largest absolute Gasteiger partial charge is 0.314 e. The van der Waals surface area contributed by atoms with Gasteiger partial charge in [-0.25, -0.2) is 0 Å². The molecule has 1 atom stereocenters. The molecule has 1 aromatic rings. The average Bonchev–Trinajstić information content (AvgIpc) is 2.73. The third-order valence-electron chi connectivity index (χ3n) is 4.08. The van der Waals surface area contributed by atoms with Gasteiger partial charge in [-0.3, -0.25) is 4.68 Å². The van der Waals surface area contributed by atoms with E-state index in [1.807, 2.05) is 0 Å². The third kappa shape index (κ3) is 5.00. The molecular formula is C17H32ClN3. The number of rotatable bonds is 9. The summed E-state index contributed by atoms with van der Waals surface area (Å²) in [6, 6.07) is 0.513. The van der Waals surface area contributed by atoms with Crippen LogP contribution in [0.4, 0.5) is 0 Å². The summed E-state index contributed by atoms with van der Waals surface area (Å²) in [6.07, 6.45) is 4.27. The van der Waals surface area contributed by atoms with E-state index in [2.05, 4.69) is 56.6 Å². The fourth-order valence-corrected chi connectivity index (χ4v) is 3.22. The molecule has 1 unspecified atom stereocenters. The minimum absolute atomic E-state index is 0.223. The molecule has 0 aliphatic heterocycles. The molecule has 0 saturated carbocycles. The maximum Gasteiger partial charge on any atom is 0.0850 e. The molecule has 0 aliphatic rings. The molecule has 1 aromatic heterocycles. The summed E-state index contributed by atoms with van der Waals surface area (Å²) in [5, 5.41) is 9.13. The molecule has 0 spiro atoms. The van der Waals surface area contributed by atoms with Crippen LogP contribution in [0.1, 0.15) is 65.8 Å². The van der Waals surface area contributed by atoms with E-state index in [4.69, 9.17) is 11.6 Å². The molecular weight excluding hydrogens is 282 g/mol. The highest BCUT2D eigenvalue weighted by Gasteiger charge is 2.28. The van der Waals surface area contributed by atoms with Gasteiger partial charge in [-0.2, -0.15) is 5.10 Å². The summed E-state index contributed by atoms with van der Waals surface area (Å²) in [6.45, 7) is 15.2. The normalized spacial score (nSPS) is 14.7. The molecule has 1 N–H and O–H groups in total. The maximum atomic E-state index is 6.57.